The average molecular weight is 360 g/mol. The zero-order chi connectivity index (χ0) is 16.9. The van der Waals surface area contributed by atoms with Crippen LogP contribution in [0.1, 0.15) is 16.3 Å². The van der Waals surface area contributed by atoms with Gasteiger partial charge < -0.3 is 4.42 Å². The van der Waals surface area contributed by atoms with Crippen LogP contribution in [0.5, 0.6) is 0 Å². The molecule has 7 heteroatoms. The molecule has 1 aromatic carbocycles. The van der Waals surface area contributed by atoms with Crippen LogP contribution in [0.15, 0.2) is 46.5 Å². The topological polar surface area (TPSA) is 73.1 Å². The van der Waals surface area contributed by atoms with Gasteiger partial charge in [-0.15, -0.1) is 11.3 Å². The van der Waals surface area contributed by atoms with Crippen LogP contribution in [0, 0.1) is 6.92 Å². The number of rotatable bonds is 7. The Hall–Kier alpha value is -2.12. The molecule has 0 spiro atoms. The van der Waals surface area contributed by atoms with Crippen molar-refractivity contribution < 1.29 is 13.4 Å². The first-order valence-corrected chi connectivity index (χ1v) is 9.73. The van der Waals surface area contributed by atoms with Crippen LogP contribution in [-0.4, -0.2) is 25.7 Å². The van der Waals surface area contributed by atoms with Crippen LogP contribution in [0.25, 0.3) is 11.5 Å². The third-order valence-corrected chi connectivity index (χ3v) is 5.35. The van der Waals surface area contributed by atoms with E-state index in [1.165, 1.54) is 17.6 Å². The number of hydrogen-bond donors (Lipinski definition) is 0. The lowest BCUT2D eigenvalue weighted by atomic mass is 10.1. The van der Waals surface area contributed by atoms with E-state index >= 15 is 0 Å². The largest absolute Gasteiger partial charge is 0.444 e. The molecule has 3 aromatic rings. The van der Waals surface area contributed by atoms with Crippen molar-refractivity contribution in [1.29, 1.82) is 0 Å². The van der Waals surface area contributed by atoms with E-state index in [4.69, 9.17) is 4.42 Å². The van der Waals surface area contributed by atoms with E-state index in [-0.39, 0.29) is 23.7 Å². The van der Waals surface area contributed by atoms with Gasteiger partial charge in [-0.1, -0.05) is 17.7 Å². The third-order valence-electron chi connectivity index (χ3n) is 3.31. The molecule has 24 heavy (non-hydrogen) atoms. The molecule has 2 heterocycles. The van der Waals surface area contributed by atoms with Crippen LogP contribution in [0.4, 0.5) is 0 Å². The molecule has 0 aliphatic carbocycles. The monoisotopic (exact) mass is 360 g/mol. The van der Waals surface area contributed by atoms with Crippen molar-refractivity contribution in [2.24, 2.45) is 0 Å². The molecule has 0 bridgehead atoms. The highest BCUT2D eigenvalue weighted by atomic mass is 32.2. The number of nitrogens with zero attached hydrogens (tertiary/aromatic N) is 2. The fourth-order valence-electron chi connectivity index (χ4n) is 2.16. The Bertz CT molecular complexity index is 839. The normalized spacial score (nSPS) is 12.2. The van der Waals surface area contributed by atoms with Crippen molar-refractivity contribution in [3.8, 4) is 11.5 Å². The molecule has 124 valence electrons. The van der Waals surface area contributed by atoms with E-state index < -0.39 is 10.8 Å². The molecule has 5 nitrogen and oxygen atoms in total. The van der Waals surface area contributed by atoms with Crippen LogP contribution in [0.3, 0.4) is 0 Å². The molecule has 0 radical (unpaired) electrons. The molecule has 1 unspecified atom stereocenters. The highest BCUT2D eigenvalue weighted by Crippen LogP contribution is 2.19. The van der Waals surface area contributed by atoms with Crippen LogP contribution < -0.4 is 0 Å². The van der Waals surface area contributed by atoms with E-state index in [1.807, 2.05) is 36.6 Å². The predicted octanol–water partition coefficient (Wildman–Crippen LogP) is 3.17. The van der Waals surface area contributed by atoms with Crippen molar-refractivity contribution in [3.63, 3.8) is 0 Å². The SMILES string of the molecule is Cc1ccc(-c2nc(CS(=O)CC(=O)Cc3nccs3)co2)cc1. The van der Waals surface area contributed by atoms with Crippen molar-refractivity contribution >= 4 is 27.9 Å². The maximum atomic E-state index is 12.1. The number of aromatic nitrogens is 2. The molecule has 0 saturated heterocycles. The van der Waals surface area contributed by atoms with Crippen LogP contribution >= 0.6 is 11.3 Å². The summed E-state index contributed by atoms with van der Waals surface area (Å²) < 4.78 is 17.6. The first-order chi connectivity index (χ1) is 11.6. The molecule has 0 N–H and O–H groups in total. The Morgan fingerprint density at radius 2 is 2.08 bits per heavy atom. The van der Waals surface area contributed by atoms with Gasteiger partial charge in [0.1, 0.15) is 6.26 Å². The first-order valence-electron chi connectivity index (χ1n) is 7.36. The Morgan fingerprint density at radius 1 is 1.29 bits per heavy atom. The summed E-state index contributed by atoms with van der Waals surface area (Å²) in [7, 11) is -1.30. The molecule has 1 atom stereocenters. The smallest absolute Gasteiger partial charge is 0.226 e. The van der Waals surface area contributed by atoms with Gasteiger partial charge in [0.2, 0.25) is 5.89 Å². The molecule has 0 fully saturated rings. The molecule has 0 aliphatic heterocycles. The maximum absolute atomic E-state index is 12.1. The molecule has 0 saturated carbocycles. The number of aryl methyl sites for hydroxylation is 1. The van der Waals surface area contributed by atoms with E-state index in [2.05, 4.69) is 9.97 Å². The third kappa shape index (κ3) is 4.46. The zero-order valence-electron chi connectivity index (χ0n) is 13.1. The molecular weight excluding hydrogens is 344 g/mol. The summed E-state index contributed by atoms with van der Waals surface area (Å²) in [5, 5.41) is 2.57. The first kappa shape index (κ1) is 16.7. The van der Waals surface area contributed by atoms with Gasteiger partial charge in [-0.25, -0.2) is 9.97 Å². The van der Waals surface area contributed by atoms with Gasteiger partial charge in [0.05, 0.1) is 28.6 Å². The van der Waals surface area contributed by atoms with Gasteiger partial charge in [0.15, 0.2) is 5.78 Å². The Balaban J connectivity index is 1.57. The second kappa shape index (κ2) is 7.63. The fraction of sp³-hybridized carbons (Fsp3) is 0.235. The van der Waals surface area contributed by atoms with E-state index in [0.717, 1.165) is 16.1 Å². The number of carbonyl (C=O) groups is 1. The number of Topliss-reactive ketones (excluding diaryl/α,β-unsaturated/α-hetero) is 1. The van der Waals surface area contributed by atoms with Crippen molar-refractivity contribution in [2.45, 2.75) is 19.1 Å². The van der Waals surface area contributed by atoms with E-state index in [0.29, 0.717) is 11.6 Å². The Kier molecular flexibility index (Phi) is 5.32. The minimum atomic E-state index is -1.30. The Labute approximate surface area is 146 Å². The van der Waals surface area contributed by atoms with Gasteiger partial charge in [-0.05, 0) is 19.1 Å². The number of benzene rings is 1. The van der Waals surface area contributed by atoms with Gasteiger partial charge in [0, 0.05) is 27.9 Å². The fourth-order valence-corrected chi connectivity index (χ4v) is 3.83. The van der Waals surface area contributed by atoms with Crippen molar-refractivity contribution in [2.75, 3.05) is 5.75 Å². The summed E-state index contributed by atoms with van der Waals surface area (Å²) in [5.41, 5.74) is 2.62. The summed E-state index contributed by atoms with van der Waals surface area (Å²) in [6.45, 7) is 2.01. The standard InChI is InChI=1S/C17H16N2O3S2/c1-12-2-4-13(5-3-12)17-19-14(9-22-17)10-24(21)11-15(20)8-16-18-6-7-23-16/h2-7,9H,8,10-11H2,1H3. The molecule has 2 aromatic heterocycles. The molecule has 3 rings (SSSR count). The second-order valence-electron chi connectivity index (χ2n) is 5.38. The number of carbonyl (C=O) groups excluding carboxylic acids is 1. The van der Waals surface area contributed by atoms with Gasteiger partial charge in [-0.2, -0.15) is 0 Å². The highest BCUT2D eigenvalue weighted by molar-refractivity contribution is 7.84. The number of hydrogen-bond acceptors (Lipinski definition) is 6. The molecule has 0 amide bonds. The van der Waals surface area contributed by atoms with Crippen LogP contribution in [0.2, 0.25) is 0 Å². The minimum absolute atomic E-state index is 0.00625. The Morgan fingerprint density at radius 3 is 2.79 bits per heavy atom. The number of thiazole rings is 1. The lowest BCUT2D eigenvalue weighted by Gasteiger charge is -1.98. The van der Waals surface area contributed by atoms with E-state index in [9.17, 15) is 9.00 Å². The summed E-state index contributed by atoms with van der Waals surface area (Å²) >= 11 is 1.43. The zero-order valence-corrected chi connectivity index (χ0v) is 14.7. The summed E-state index contributed by atoms with van der Waals surface area (Å²) in [6, 6.07) is 7.82. The second-order valence-corrected chi connectivity index (χ2v) is 7.82. The van der Waals surface area contributed by atoms with Crippen molar-refractivity contribution in [3.05, 3.63) is 58.4 Å². The quantitative estimate of drug-likeness (QED) is 0.647. The van der Waals surface area contributed by atoms with E-state index in [1.54, 1.807) is 6.20 Å². The van der Waals surface area contributed by atoms with Crippen molar-refractivity contribution in [1.82, 2.24) is 9.97 Å². The van der Waals surface area contributed by atoms with Gasteiger partial charge in [-0.3, -0.25) is 9.00 Å². The summed E-state index contributed by atoms with van der Waals surface area (Å²) in [4.78, 5) is 20.3. The minimum Gasteiger partial charge on any atom is -0.444 e. The predicted molar refractivity (Wildman–Crippen MR) is 94.2 cm³/mol. The average Bonchev–Trinajstić information content (AvgIpc) is 3.19. The summed E-state index contributed by atoms with van der Waals surface area (Å²) in [5.74, 6) is 0.632. The number of oxazole rings is 1. The van der Waals surface area contributed by atoms with Crippen LogP contribution in [-0.2, 0) is 27.8 Å². The van der Waals surface area contributed by atoms with Gasteiger partial charge >= 0.3 is 0 Å². The maximum Gasteiger partial charge on any atom is 0.226 e. The molecular formula is C17H16N2O3S2. The molecule has 0 aliphatic rings. The highest BCUT2D eigenvalue weighted by Gasteiger charge is 2.14. The lowest BCUT2D eigenvalue weighted by molar-refractivity contribution is -0.116. The lowest BCUT2D eigenvalue weighted by Crippen LogP contribution is -2.14. The summed E-state index contributed by atoms with van der Waals surface area (Å²) in [6.07, 6.45) is 3.39. The number of ketones is 1. The van der Waals surface area contributed by atoms with Gasteiger partial charge in [0.25, 0.3) is 0 Å².